The molecule has 4 nitrogen and oxygen atoms in total. The largest absolute Gasteiger partial charge is 0.373 e. The summed E-state index contributed by atoms with van der Waals surface area (Å²) < 4.78 is 0. The van der Waals surface area contributed by atoms with E-state index in [-0.39, 0.29) is 0 Å². The van der Waals surface area contributed by atoms with E-state index in [1.54, 1.807) is 6.33 Å². The molecule has 17 heavy (non-hydrogen) atoms. The Morgan fingerprint density at radius 2 is 2.12 bits per heavy atom. The maximum Gasteiger partial charge on any atom is 0.137 e. The Labute approximate surface area is 107 Å². The smallest absolute Gasteiger partial charge is 0.137 e. The minimum atomic E-state index is 0.982. The van der Waals surface area contributed by atoms with Gasteiger partial charge in [-0.15, -0.1) is 0 Å². The zero-order chi connectivity index (χ0) is 12.1. The summed E-state index contributed by atoms with van der Waals surface area (Å²) in [6.45, 7) is 4.39. The minimum Gasteiger partial charge on any atom is -0.373 e. The summed E-state index contributed by atoms with van der Waals surface area (Å²) in [7, 11) is 1.93. The number of nitrogens with zero attached hydrogens (tertiary/aromatic N) is 3. The normalized spacial score (nSPS) is 16.0. The molecule has 0 unspecified atom stereocenters. The summed E-state index contributed by atoms with van der Waals surface area (Å²) in [6.07, 6.45) is 3.83. The van der Waals surface area contributed by atoms with Gasteiger partial charge in [0.2, 0.25) is 0 Å². The van der Waals surface area contributed by atoms with Gasteiger partial charge in [-0.2, -0.15) is 11.8 Å². The van der Waals surface area contributed by atoms with Gasteiger partial charge in [-0.25, -0.2) is 9.97 Å². The van der Waals surface area contributed by atoms with Crippen LogP contribution in [-0.2, 0) is 6.42 Å². The van der Waals surface area contributed by atoms with Crippen LogP contribution in [0.2, 0.25) is 0 Å². The molecule has 5 heteroatoms. The van der Waals surface area contributed by atoms with Gasteiger partial charge < -0.3 is 10.2 Å². The van der Waals surface area contributed by atoms with Crippen LogP contribution in [0.5, 0.6) is 0 Å². The summed E-state index contributed by atoms with van der Waals surface area (Å²) in [5.74, 6) is 4.51. The Morgan fingerprint density at radius 1 is 1.35 bits per heavy atom. The highest BCUT2D eigenvalue weighted by atomic mass is 32.2. The van der Waals surface area contributed by atoms with Gasteiger partial charge in [-0.05, 0) is 6.42 Å². The molecule has 94 valence electrons. The summed E-state index contributed by atoms with van der Waals surface area (Å²) in [4.78, 5) is 11.2. The quantitative estimate of drug-likeness (QED) is 0.888. The number of nitrogens with one attached hydrogen (secondary N) is 1. The number of rotatable bonds is 4. The van der Waals surface area contributed by atoms with Gasteiger partial charge in [-0.1, -0.05) is 13.3 Å². The lowest BCUT2D eigenvalue weighted by atomic mass is 10.1. The maximum absolute atomic E-state index is 4.50. The second-order valence-electron chi connectivity index (χ2n) is 4.12. The molecular weight excluding hydrogens is 232 g/mol. The van der Waals surface area contributed by atoms with E-state index in [1.165, 1.54) is 17.1 Å². The molecule has 2 heterocycles. The maximum atomic E-state index is 4.50. The number of hydrogen-bond acceptors (Lipinski definition) is 5. The fourth-order valence-electron chi connectivity index (χ4n) is 2.15. The molecule has 0 amide bonds. The van der Waals surface area contributed by atoms with Gasteiger partial charge in [0.1, 0.15) is 18.0 Å². The van der Waals surface area contributed by atoms with Gasteiger partial charge in [0, 0.05) is 37.2 Å². The fourth-order valence-corrected chi connectivity index (χ4v) is 3.05. The molecular formula is C12H20N4S. The van der Waals surface area contributed by atoms with Crippen LogP contribution in [0.4, 0.5) is 11.6 Å². The summed E-state index contributed by atoms with van der Waals surface area (Å²) in [5.41, 5.74) is 1.27. The van der Waals surface area contributed by atoms with Crippen LogP contribution in [0.3, 0.4) is 0 Å². The lowest BCUT2D eigenvalue weighted by Gasteiger charge is -2.29. The molecule has 1 aromatic heterocycles. The highest BCUT2D eigenvalue weighted by molar-refractivity contribution is 7.99. The second-order valence-corrected chi connectivity index (χ2v) is 5.35. The van der Waals surface area contributed by atoms with Crippen LogP contribution in [0.25, 0.3) is 0 Å². The first-order valence-electron chi connectivity index (χ1n) is 6.21. The highest BCUT2D eigenvalue weighted by Crippen LogP contribution is 2.26. The Balaban J connectivity index is 2.30. The van der Waals surface area contributed by atoms with Gasteiger partial charge >= 0.3 is 0 Å². The monoisotopic (exact) mass is 252 g/mol. The number of anilines is 2. The van der Waals surface area contributed by atoms with E-state index in [1.807, 2.05) is 18.8 Å². The van der Waals surface area contributed by atoms with Gasteiger partial charge in [0.25, 0.3) is 0 Å². The van der Waals surface area contributed by atoms with E-state index in [9.17, 15) is 0 Å². The summed E-state index contributed by atoms with van der Waals surface area (Å²) in [6, 6.07) is 0. The predicted octanol–water partition coefficient (Wildman–Crippen LogP) is 2.02. The average Bonchev–Trinajstić information content (AvgIpc) is 2.40. The molecule has 1 aliphatic heterocycles. The Bertz CT molecular complexity index is 364. The molecule has 1 aromatic rings. The lowest BCUT2D eigenvalue weighted by molar-refractivity contribution is 0.808. The van der Waals surface area contributed by atoms with Crippen molar-refractivity contribution in [3.63, 3.8) is 0 Å². The van der Waals surface area contributed by atoms with Gasteiger partial charge in [0.05, 0.1) is 0 Å². The zero-order valence-corrected chi connectivity index (χ0v) is 11.4. The molecule has 0 saturated carbocycles. The topological polar surface area (TPSA) is 41.1 Å². The fraction of sp³-hybridized carbons (Fsp3) is 0.667. The average molecular weight is 252 g/mol. The number of hydrogen-bond donors (Lipinski definition) is 1. The lowest BCUT2D eigenvalue weighted by Crippen LogP contribution is -2.34. The van der Waals surface area contributed by atoms with Crippen LogP contribution in [0.1, 0.15) is 18.9 Å². The van der Waals surface area contributed by atoms with Crippen molar-refractivity contribution >= 4 is 23.4 Å². The highest BCUT2D eigenvalue weighted by Gasteiger charge is 2.18. The van der Waals surface area contributed by atoms with E-state index in [0.29, 0.717) is 0 Å². The molecule has 1 saturated heterocycles. The minimum absolute atomic E-state index is 0.982. The van der Waals surface area contributed by atoms with Crippen molar-refractivity contribution in [1.82, 2.24) is 9.97 Å². The van der Waals surface area contributed by atoms with Crippen molar-refractivity contribution in [2.45, 2.75) is 19.8 Å². The van der Waals surface area contributed by atoms with Crippen molar-refractivity contribution in [3.8, 4) is 0 Å². The summed E-state index contributed by atoms with van der Waals surface area (Å²) >= 11 is 2.02. The standard InChI is InChI=1S/C12H20N4S/c1-3-4-10-11(13-2)14-9-15-12(10)16-5-7-17-8-6-16/h9H,3-8H2,1-2H3,(H,13,14,15). The summed E-state index contributed by atoms with van der Waals surface area (Å²) in [5, 5.41) is 3.18. The van der Waals surface area contributed by atoms with Crippen molar-refractivity contribution in [1.29, 1.82) is 0 Å². The third-order valence-electron chi connectivity index (χ3n) is 2.97. The van der Waals surface area contributed by atoms with Crippen molar-refractivity contribution < 1.29 is 0 Å². The van der Waals surface area contributed by atoms with E-state index < -0.39 is 0 Å². The third kappa shape index (κ3) is 2.83. The van der Waals surface area contributed by atoms with Crippen molar-refractivity contribution in [2.24, 2.45) is 0 Å². The Morgan fingerprint density at radius 3 is 2.76 bits per heavy atom. The molecule has 1 aliphatic rings. The van der Waals surface area contributed by atoms with E-state index >= 15 is 0 Å². The third-order valence-corrected chi connectivity index (χ3v) is 3.91. The first kappa shape index (κ1) is 12.5. The molecule has 0 spiro atoms. The van der Waals surface area contributed by atoms with Crippen molar-refractivity contribution in [3.05, 3.63) is 11.9 Å². The van der Waals surface area contributed by atoms with E-state index in [2.05, 4.69) is 27.1 Å². The van der Waals surface area contributed by atoms with Crippen LogP contribution in [-0.4, -0.2) is 41.6 Å². The molecule has 0 atom stereocenters. The predicted molar refractivity (Wildman–Crippen MR) is 75.1 cm³/mol. The van der Waals surface area contributed by atoms with Gasteiger partial charge in [0.15, 0.2) is 0 Å². The van der Waals surface area contributed by atoms with Crippen molar-refractivity contribution in [2.75, 3.05) is 41.9 Å². The molecule has 0 aliphatic carbocycles. The SMILES string of the molecule is CCCc1c(NC)ncnc1N1CCSCC1. The molecule has 1 fully saturated rings. The van der Waals surface area contributed by atoms with E-state index in [0.717, 1.165) is 37.6 Å². The number of thioether (sulfide) groups is 1. The van der Waals surface area contributed by atoms with Crippen LogP contribution in [0.15, 0.2) is 6.33 Å². The number of aromatic nitrogens is 2. The van der Waals surface area contributed by atoms with Crippen LogP contribution >= 0.6 is 11.8 Å². The Kier molecular flexibility index (Phi) is 4.48. The molecule has 0 aromatic carbocycles. The Hall–Kier alpha value is -0.970. The molecule has 0 bridgehead atoms. The molecule has 1 N–H and O–H groups in total. The first-order valence-corrected chi connectivity index (χ1v) is 7.36. The van der Waals surface area contributed by atoms with E-state index in [4.69, 9.17) is 0 Å². The van der Waals surface area contributed by atoms with Crippen LogP contribution in [0, 0.1) is 0 Å². The van der Waals surface area contributed by atoms with Gasteiger partial charge in [-0.3, -0.25) is 0 Å². The molecule has 2 rings (SSSR count). The van der Waals surface area contributed by atoms with Crippen LogP contribution < -0.4 is 10.2 Å². The zero-order valence-electron chi connectivity index (χ0n) is 10.6. The second kappa shape index (κ2) is 6.10. The first-order chi connectivity index (χ1) is 8.36. The molecule has 0 radical (unpaired) electrons.